The third-order valence-electron chi connectivity index (χ3n) is 5.80. The fourth-order valence-corrected chi connectivity index (χ4v) is 3.80. The van der Waals surface area contributed by atoms with Crippen molar-refractivity contribution in [2.75, 3.05) is 25.1 Å². The third kappa shape index (κ3) is 5.33. The minimum absolute atomic E-state index is 0.418. The quantitative estimate of drug-likeness (QED) is 0.337. The van der Waals surface area contributed by atoms with Crippen LogP contribution in [0.5, 0.6) is 5.75 Å². The molecule has 4 rings (SSSR count). The summed E-state index contributed by atoms with van der Waals surface area (Å²) in [7, 11) is 1.95. The van der Waals surface area contributed by atoms with E-state index in [4.69, 9.17) is 10.00 Å². The van der Waals surface area contributed by atoms with Crippen molar-refractivity contribution >= 4 is 12.0 Å². The van der Waals surface area contributed by atoms with Crippen LogP contribution in [0.15, 0.2) is 79.1 Å². The van der Waals surface area contributed by atoms with Crippen molar-refractivity contribution < 1.29 is 9.53 Å². The number of anilines is 1. The van der Waals surface area contributed by atoms with Crippen LogP contribution >= 0.6 is 0 Å². The van der Waals surface area contributed by atoms with Crippen LogP contribution in [-0.2, 0) is 6.42 Å². The number of benzene rings is 3. The van der Waals surface area contributed by atoms with Crippen LogP contribution in [0.3, 0.4) is 0 Å². The Morgan fingerprint density at radius 3 is 2.65 bits per heavy atom. The second kappa shape index (κ2) is 10.5. The number of likely N-dealkylation sites (N-methyl/N-ethyl adjacent to an activating group) is 1. The number of ether oxygens (including phenoxy) is 1. The van der Waals surface area contributed by atoms with Crippen LogP contribution in [0, 0.1) is 18.3 Å². The van der Waals surface area contributed by atoms with Gasteiger partial charge in [-0.25, -0.2) is 4.68 Å². The Labute approximate surface area is 199 Å². The lowest BCUT2D eigenvalue weighted by molar-refractivity contribution is 0.111. The summed E-state index contributed by atoms with van der Waals surface area (Å²) in [4.78, 5) is 13.8. The number of carbonyl (C=O) groups is 1. The van der Waals surface area contributed by atoms with Crippen molar-refractivity contribution in [3.05, 3.63) is 107 Å². The molecule has 0 radical (unpaired) electrons. The van der Waals surface area contributed by atoms with Gasteiger partial charge < -0.3 is 9.64 Å². The molecular weight excluding hydrogens is 424 g/mol. The normalized spacial score (nSPS) is 10.5. The molecule has 0 fully saturated rings. The van der Waals surface area contributed by atoms with E-state index in [1.54, 1.807) is 12.3 Å². The molecule has 6 heteroatoms. The molecule has 0 saturated heterocycles. The van der Waals surface area contributed by atoms with Crippen molar-refractivity contribution in [3.63, 3.8) is 0 Å². The fraction of sp³-hybridized carbons (Fsp3) is 0.179. The first kappa shape index (κ1) is 22.8. The average molecular weight is 451 g/mol. The van der Waals surface area contributed by atoms with E-state index >= 15 is 0 Å². The maximum absolute atomic E-state index is 11.8. The smallest absolute Gasteiger partial charge is 0.153 e. The summed E-state index contributed by atoms with van der Waals surface area (Å²) < 4.78 is 7.79. The van der Waals surface area contributed by atoms with Gasteiger partial charge in [-0.15, -0.1) is 0 Å². The maximum Gasteiger partial charge on any atom is 0.153 e. The van der Waals surface area contributed by atoms with Gasteiger partial charge in [0.15, 0.2) is 6.29 Å². The predicted molar refractivity (Wildman–Crippen MR) is 133 cm³/mol. The standard InChI is InChI=1S/C28H26N4O2/c1-21-15-28(34-14-13-31(2)27-6-3-5-23(17-27)19-29)25(20-33)18-24(21)16-22-7-9-26(10-8-22)32-12-4-11-30-32/h3-12,15,17-18,20H,13-14,16H2,1-2H3. The zero-order chi connectivity index (χ0) is 23.9. The number of aldehydes is 1. The number of rotatable bonds is 9. The summed E-state index contributed by atoms with van der Waals surface area (Å²) in [5.74, 6) is 0.587. The van der Waals surface area contributed by atoms with Crippen molar-refractivity contribution in [1.82, 2.24) is 9.78 Å². The molecule has 0 bridgehead atoms. The van der Waals surface area contributed by atoms with E-state index < -0.39 is 0 Å². The number of aryl methyl sites for hydroxylation is 1. The van der Waals surface area contributed by atoms with E-state index in [0.29, 0.717) is 30.0 Å². The summed E-state index contributed by atoms with van der Waals surface area (Å²) in [5, 5.41) is 13.3. The number of nitriles is 1. The summed E-state index contributed by atoms with van der Waals surface area (Å²) in [6, 6.07) is 23.6. The van der Waals surface area contributed by atoms with Crippen LogP contribution in [0.25, 0.3) is 5.69 Å². The largest absolute Gasteiger partial charge is 0.491 e. The van der Waals surface area contributed by atoms with E-state index in [-0.39, 0.29) is 0 Å². The Morgan fingerprint density at radius 2 is 1.94 bits per heavy atom. The van der Waals surface area contributed by atoms with E-state index in [2.05, 4.69) is 23.3 Å². The first-order valence-corrected chi connectivity index (χ1v) is 11.1. The maximum atomic E-state index is 11.8. The van der Waals surface area contributed by atoms with Gasteiger partial charge in [0, 0.05) is 25.1 Å². The van der Waals surface area contributed by atoms with Crippen molar-refractivity contribution in [2.24, 2.45) is 0 Å². The third-order valence-corrected chi connectivity index (χ3v) is 5.80. The number of hydrogen-bond acceptors (Lipinski definition) is 5. The molecule has 34 heavy (non-hydrogen) atoms. The molecule has 6 nitrogen and oxygen atoms in total. The molecule has 0 aliphatic heterocycles. The van der Waals surface area contributed by atoms with Gasteiger partial charge in [0.25, 0.3) is 0 Å². The average Bonchev–Trinajstić information content (AvgIpc) is 3.41. The molecule has 4 aromatic rings. The monoisotopic (exact) mass is 450 g/mol. The molecule has 0 unspecified atom stereocenters. The Bertz CT molecular complexity index is 1310. The molecule has 0 atom stereocenters. The Balaban J connectivity index is 1.41. The first-order chi connectivity index (χ1) is 16.6. The van der Waals surface area contributed by atoms with Gasteiger partial charge in [-0.05, 0) is 78.6 Å². The Morgan fingerprint density at radius 1 is 1.12 bits per heavy atom. The van der Waals surface area contributed by atoms with Crippen molar-refractivity contribution in [2.45, 2.75) is 13.3 Å². The number of carbonyl (C=O) groups excluding carboxylic acids is 1. The zero-order valence-corrected chi connectivity index (χ0v) is 19.3. The first-order valence-electron chi connectivity index (χ1n) is 11.1. The van der Waals surface area contributed by atoms with Crippen LogP contribution in [0.4, 0.5) is 5.69 Å². The van der Waals surface area contributed by atoms with Crippen LogP contribution in [-0.4, -0.2) is 36.3 Å². The summed E-state index contributed by atoms with van der Waals surface area (Å²) in [5.41, 5.74) is 6.44. The SMILES string of the molecule is Cc1cc(OCCN(C)c2cccc(C#N)c2)c(C=O)cc1Cc1ccc(-n2cccn2)cc1. The van der Waals surface area contributed by atoms with Gasteiger partial charge in [-0.1, -0.05) is 18.2 Å². The van der Waals surface area contributed by atoms with E-state index in [1.165, 1.54) is 0 Å². The van der Waals surface area contributed by atoms with Crippen LogP contribution in [0.2, 0.25) is 0 Å². The molecular formula is C28H26N4O2. The highest BCUT2D eigenvalue weighted by atomic mass is 16.5. The summed E-state index contributed by atoms with van der Waals surface area (Å²) in [6.45, 7) is 3.08. The highest BCUT2D eigenvalue weighted by molar-refractivity contribution is 5.80. The van der Waals surface area contributed by atoms with Crippen molar-refractivity contribution in [3.8, 4) is 17.5 Å². The fourth-order valence-electron chi connectivity index (χ4n) is 3.80. The molecule has 0 aliphatic rings. The van der Waals surface area contributed by atoms with Gasteiger partial charge in [0.2, 0.25) is 0 Å². The molecule has 1 aromatic heterocycles. The lowest BCUT2D eigenvalue weighted by atomic mass is 9.97. The minimum Gasteiger partial charge on any atom is -0.491 e. The highest BCUT2D eigenvalue weighted by Crippen LogP contribution is 2.25. The Kier molecular flexibility index (Phi) is 7.04. The molecule has 0 spiro atoms. The van der Waals surface area contributed by atoms with Gasteiger partial charge >= 0.3 is 0 Å². The zero-order valence-electron chi connectivity index (χ0n) is 19.3. The summed E-state index contributed by atoms with van der Waals surface area (Å²) in [6.07, 6.45) is 5.24. The molecule has 0 N–H and O–H groups in total. The van der Waals surface area contributed by atoms with Crippen molar-refractivity contribution in [1.29, 1.82) is 5.26 Å². The second-order valence-electron chi connectivity index (χ2n) is 8.16. The summed E-state index contributed by atoms with van der Waals surface area (Å²) >= 11 is 0. The molecule has 1 heterocycles. The number of hydrogen-bond donors (Lipinski definition) is 0. The van der Waals surface area contributed by atoms with Crippen LogP contribution < -0.4 is 9.64 Å². The number of aromatic nitrogens is 2. The molecule has 170 valence electrons. The van der Waals surface area contributed by atoms with Gasteiger partial charge in [-0.3, -0.25) is 4.79 Å². The van der Waals surface area contributed by atoms with E-state index in [9.17, 15) is 4.79 Å². The van der Waals surface area contributed by atoms with Crippen LogP contribution in [0.1, 0.15) is 32.6 Å². The lowest BCUT2D eigenvalue weighted by Gasteiger charge is -2.20. The molecule has 0 aliphatic carbocycles. The van der Waals surface area contributed by atoms with Gasteiger partial charge in [-0.2, -0.15) is 10.4 Å². The minimum atomic E-state index is 0.418. The highest BCUT2D eigenvalue weighted by Gasteiger charge is 2.11. The predicted octanol–water partition coefficient (Wildman–Crippen LogP) is 4.97. The lowest BCUT2D eigenvalue weighted by Crippen LogP contribution is -2.24. The number of nitrogens with zero attached hydrogens (tertiary/aromatic N) is 4. The van der Waals surface area contributed by atoms with Gasteiger partial charge in [0.1, 0.15) is 12.4 Å². The molecule has 0 amide bonds. The molecule has 0 saturated carbocycles. The Hall–Kier alpha value is -4.37. The topological polar surface area (TPSA) is 71.2 Å². The second-order valence-corrected chi connectivity index (χ2v) is 8.16. The van der Waals surface area contributed by atoms with E-state index in [0.717, 1.165) is 40.8 Å². The van der Waals surface area contributed by atoms with E-state index in [1.807, 2.05) is 78.3 Å². The van der Waals surface area contributed by atoms with Gasteiger partial charge in [0.05, 0.1) is 29.4 Å². The molecule has 3 aromatic carbocycles.